The Morgan fingerprint density at radius 3 is 2.68 bits per heavy atom. The molecule has 1 saturated heterocycles. The van der Waals surface area contributed by atoms with E-state index in [1.807, 2.05) is 47.3 Å². The summed E-state index contributed by atoms with van der Waals surface area (Å²) in [6.45, 7) is 2.15. The molecule has 0 spiro atoms. The average Bonchev–Trinajstić information content (AvgIpc) is 3.89. The number of amides is 3. The lowest BCUT2D eigenvalue weighted by molar-refractivity contribution is -0.135. The number of imide groups is 1. The number of imidazole rings is 2. The molecule has 1 aliphatic carbocycles. The van der Waals surface area contributed by atoms with Gasteiger partial charge in [0.2, 0.25) is 11.8 Å². The van der Waals surface area contributed by atoms with Crippen LogP contribution in [0.4, 0.5) is 5.82 Å². The molecule has 2 aliphatic rings. The summed E-state index contributed by atoms with van der Waals surface area (Å²) in [5, 5.41) is 19.0. The SMILES string of the molecule is COc1cc2nn(C3CCC(NCCCOCCCc4cccc5c4n(C)c(=O)n5C4CCC(=O)NC4=O)CC3)cc2cc1C(=O)Nc1cnc2cccnn12. The Labute approximate surface area is 322 Å². The van der Waals surface area contributed by atoms with Crippen LogP contribution in [-0.4, -0.2) is 84.1 Å². The summed E-state index contributed by atoms with van der Waals surface area (Å²) in [5.41, 5.74) is 4.12. The monoisotopic (exact) mass is 762 g/mol. The van der Waals surface area contributed by atoms with Crippen LogP contribution in [-0.2, 0) is 27.8 Å². The lowest BCUT2D eigenvalue weighted by atomic mass is 9.91. The van der Waals surface area contributed by atoms with E-state index in [9.17, 15) is 19.2 Å². The molecule has 1 atom stereocenters. The maximum Gasteiger partial charge on any atom is 0.329 e. The Kier molecular flexibility index (Phi) is 10.6. The number of benzene rings is 2. The second-order valence-electron chi connectivity index (χ2n) is 14.6. The van der Waals surface area contributed by atoms with Crippen molar-refractivity contribution >= 4 is 51.1 Å². The molecule has 0 radical (unpaired) electrons. The largest absolute Gasteiger partial charge is 0.496 e. The van der Waals surface area contributed by atoms with Crippen LogP contribution in [0.1, 0.15) is 79.4 Å². The van der Waals surface area contributed by atoms with E-state index >= 15 is 0 Å². The molecule has 3 amide bonds. The molecule has 6 aromatic rings. The fourth-order valence-corrected chi connectivity index (χ4v) is 8.15. The Hall–Kier alpha value is -5.87. The minimum Gasteiger partial charge on any atom is -0.496 e. The quantitative estimate of drug-likeness (QED) is 0.108. The number of fused-ring (bicyclic) bond motifs is 3. The Bertz CT molecular complexity index is 2470. The third-order valence-corrected chi connectivity index (χ3v) is 11.0. The lowest BCUT2D eigenvalue weighted by Gasteiger charge is -2.29. The van der Waals surface area contributed by atoms with Gasteiger partial charge < -0.3 is 20.1 Å². The van der Waals surface area contributed by atoms with Crippen LogP contribution in [0.3, 0.4) is 0 Å². The molecule has 2 fully saturated rings. The van der Waals surface area contributed by atoms with E-state index < -0.39 is 11.9 Å². The van der Waals surface area contributed by atoms with Gasteiger partial charge in [0.05, 0.1) is 41.5 Å². The van der Waals surface area contributed by atoms with E-state index in [0.29, 0.717) is 54.0 Å². The minimum absolute atomic E-state index is 0.213. The molecule has 4 aromatic heterocycles. The van der Waals surface area contributed by atoms with Gasteiger partial charge in [-0.05, 0) is 87.7 Å². The fraction of sp³-hybridized carbons (Fsp3) is 0.425. The average molecular weight is 763 g/mol. The molecule has 56 heavy (non-hydrogen) atoms. The van der Waals surface area contributed by atoms with Crippen LogP contribution in [0.25, 0.3) is 27.6 Å². The predicted molar refractivity (Wildman–Crippen MR) is 209 cm³/mol. The first-order chi connectivity index (χ1) is 27.3. The van der Waals surface area contributed by atoms with Gasteiger partial charge in [-0.3, -0.25) is 33.5 Å². The number of para-hydroxylation sites is 1. The smallest absolute Gasteiger partial charge is 0.329 e. The maximum atomic E-state index is 13.3. The molecule has 16 nitrogen and oxygen atoms in total. The first-order valence-electron chi connectivity index (χ1n) is 19.3. The number of piperidine rings is 1. The number of rotatable bonds is 14. The highest BCUT2D eigenvalue weighted by Crippen LogP contribution is 2.32. The van der Waals surface area contributed by atoms with Crippen LogP contribution in [0.5, 0.6) is 5.75 Å². The number of anilines is 1. The van der Waals surface area contributed by atoms with Gasteiger partial charge >= 0.3 is 5.69 Å². The molecule has 1 unspecified atom stereocenters. The number of hydrogen-bond donors (Lipinski definition) is 3. The van der Waals surface area contributed by atoms with Crippen molar-refractivity contribution < 1.29 is 23.9 Å². The van der Waals surface area contributed by atoms with Gasteiger partial charge in [0, 0.05) is 56.6 Å². The summed E-state index contributed by atoms with van der Waals surface area (Å²) in [6.07, 6.45) is 12.3. The number of nitrogens with zero attached hydrogens (tertiary/aromatic N) is 7. The van der Waals surface area contributed by atoms with Crippen molar-refractivity contribution in [2.75, 3.05) is 32.2 Å². The third-order valence-electron chi connectivity index (χ3n) is 11.0. The van der Waals surface area contributed by atoms with Crippen molar-refractivity contribution in [1.82, 2.24) is 44.1 Å². The lowest BCUT2D eigenvalue weighted by Crippen LogP contribution is -2.44. The number of carbonyl (C=O) groups is 3. The second-order valence-corrected chi connectivity index (χ2v) is 14.6. The summed E-state index contributed by atoms with van der Waals surface area (Å²) in [5.74, 6) is -0.128. The summed E-state index contributed by atoms with van der Waals surface area (Å²) in [6, 6.07) is 13.1. The first kappa shape index (κ1) is 37.1. The number of aromatic nitrogens is 7. The number of methoxy groups -OCH3 is 1. The van der Waals surface area contributed by atoms with Crippen LogP contribution in [0, 0.1) is 0 Å². The van der Waals surface area contributed by atoms with Gasteiger partial charge in [0.25, 0.3) is 5.91 Å². The molecular weight excluding hydrogens is 717 g/mol. The van der Waals surface area contributed by atoms with Crippen molar-refractivity contribution in [3.63, 3.8) is 0 Å². The normalized spacial score (nSPS) is 18.9. The molecule has 5 heterocycles. The van der Waals surface area contributed by atoms with E-state index in [-0.39, 0.29) is 30.0 Å². The van der Waals surface area contributed by atoms with E-state index in [2.05, 4.69) is 26.0 Å². The molecule has 16 heteroatoms. The Balaban J connectivity index is 0.773. The van der Waals surface area contributed by atoms with Gasteiger partial charge in [0.15, 0.2) is 11.5 Å². The fourth-order valence-electron chi connectivity index (χ4n) is 8.15. The van der Waals surface area contributed by atoms with Gasteiger partial charge in [-0.25, -0.2) is 9.78 Å². The highest BCUT2D eigenvalue weighted by Gasteiger charge is 2.31. The van der Waals surface area contributed by atoms with Crippen molar-refractivity contribution in [1.29, 1.82) is 0 Å². The van der Waals surface area contributed by atoms with E-state index in [1.54, 1.807) is 41.7 Å². The number of ether oxygens (including phenoxy) is 2. The number of carbonyl (C=O) groups excluding carboxylic acids is 3. The Morgan fingerprint density at radius 1 is 1.02 bits per heavy atom. The maximum absolute atomic E-state index is 13.3. The van der Waals surface area contributed by atoms with Crippen molar-refractivity contribution in [3.05, 3.63) is 82.7 Å². The summed E-state index contributed by atoms with van der Waals surface area (Å²) < 4.78 is 18.3. The van der Waals surface area contributed by atoms with Gasteiger partial charge in [-0.15, -0.1) is 0 Å². The van der Waals surface area contributed by atoms with Crippen LogP contribution < -0.4 is 26.4 Å². The summed E-state index contributed by atoms with van der Waals surface area (Å²) in [7, 11) is 3.28. The summed E-state index contributed by atoms with van der Waals surface area (Å²) >= 11 is 0. The first-order valence-corrected chi connectivity index (χ1v) is 19.3. The Morgan fingerprint density at radius 2 is 1.86 bits per heavy atom. The van der Waals surface area contributed by atoms with Crippen molar-refractivity contribution in [3.8, 4) is 5.75 Å². The van der Waals surface area contributed by atoms with Gasteiger partial charge in [-0.1, -0.05) is 12.1 Å². The molecule has 3 N–H and O–H groups in total. The van der Waals surface area contributed by atoms with E-state index in [0.717, 1.165) is 73.5 Å². The minimum atomic E-state index is -0.695. The molecule has 292 valence electrons. The van der Waals surface area contributed by atoms with Gasteiger partial charge in [-0.2, -0.15) is 14.7 Å². The standard InChI is InChI=1S/C40H46N10O6/c1-47-37-25(7-3-9-31(37)49(40(47)54)32-15-16-36(51)45-39(32)53)8-5-19-56-20-6-17-41-27-11-13-28(14-12-27)48-24-26-21-29(33(55-2)22-30(26)46-48)38(52)44-35-23-42-34-10-4-18-43-50(34)35/h3-4,7,9-10,18,21-24,27-28,32,41H,5-6,8,11-17,19-20H2,1-2H3,(H,44,52)(H,45,51,53). The molecule has 1 saturated carbocycles. The molecular formula is C40H46N10O6. The van der Waals surface area contributed by atoms with Crippen molar-refractivity contribution in [2.45, 2.75) is 75.9 Å². The molecule has 2 aromatic carbocycles. The topological polar surface area (TPSA) is 181 Å². The van der Waals surface area contributed by atoms with Crippen LogP contribution in [0.15, 0.2) is 65.8 Å². The number of hydrogen-bond acceptors (Lipinski definition) is 10. The van der Waals surface area contributed by atoms with E-state index in [4.69, 9.17) is 14.6 Å². The van der Waals surface area contributed by atoms with Crippen LogP contribution in [0.2, 0.25) is 0 Å². The highest BCUT2D eigenvalue weighted by atomic mass is 16.5. The van der Waals surface area contributed by atoms with Gasteiger partial charge in [0.1, 0.15) is 11.8 Å². The summed E-state index contributed by atoms with van der Waals surface area (Å²) in [4.78, 5) is 55.1. The second kappa shape index (κ2) is 16.1. The van der Waals surface area contributed by atoms with E-state index in [1.165, 1.54) is 4.57 Å². The zero-order chi connectivity index (χ0) is 38.8. The number of nitrogens with one attached hydrogen (secondary N) is 3. The molecule has 8 rings (SSSR count). The molecule has 0 bridgehead atoms. The number of aryl methyl sites for hydroxylation is 2. The third kappa shape index (κ3) is 7.41. The highest BCUT2D eigenvalue weighted by molar-refractivity contribution is 6.08. The predicted octanol–water partition coefficient (Wildman–Crippen LogP) is 4.08. The zero-order valence-corrected chi connectivity index (χ0v) is 31.6. The van der Waals surface area contributed by atoms with Crippen LogP contribution >= 0.6 is 0 Å². The van der Waals surface area contributed by atoms with Crippen molar-refractivity contribution in [2.24, 2.45) is 7.05 Å². The zero-order valence-electron chi connectivity index (χ0n) is 31.6. The molecule has 1 aliphatic heterocycles.